The van der Waals surface area contributed by atoms with Gasteiger partial charge < -0.3 is 0 Å². The molecule has 0 radical (unpaired) electrons. The van der Waals surface area contributed by atoms with E-state index in [1.54, 1.807) is 0 Å². The minimum Gasteiger partial charge on any atom is -0.298 e. The Balaban J connectivity index is 2.19. The molecule has 2 heteroatoms. The van der Waals surface area contributed by atoms with Crippen molar-refractivity contribution in [2.75, 3.05) is 13.1 Å². The molecule has 104 valence electrons. The fraction of sp³-hybridized carbons (Fsp3) is 0.529. The molecule has 0 bridgehead atoms. The zero-order chi connectivity index (χ0) is 14.1. The summed E-state index contributed by atoms with van der Waals surface area (Å²) in [6, 6.07) is 8.27. The molecule has 19 heavy (non-hydrogen) atoms. The molecular weight excluding hydrogens is 254 g/mol. The molecule has 0 N–H and O–H groups in total. The number of hydrogen-bond donors (Lipinski definition) is 0. The Kier molecular flexibility index (Phi) is 4.08. The molecule has 0 atom stereocenters. The largest absolute Gasteiger partial charge is 0.298 e. The summed E-state index contributed by atoms with van der Waals surface area (Å²) in [5, 5.41) is 0.801. The van der Waals surface area contributed by atoms with E-state index in [4.69, 9.17) is 11.6 Å². The van der Waals surface area contributed by atoms with Gasteiger partial charge in [0.05, 0.1) is 0 Å². The average Bonchev–Trinajstić information content (AvgIpc) is 2.38. The van der Waals surface area contributed by atoms with Crippen LogP contribution in [0.2, 0.25) is 5.02 Å². The standard InChI is InChI=1S/C17H24ClN/c1-5-17(14-6-8-15(18)9-7-14)10-12-19(13-11-17)16(2,3)4/h5-9H,1,10-13H2,2-4H3. The van der Waals surface area contributed by atoms with E-state index in [9.17, 15) is 0 Å². The summed E-state index contributed by atoms with van der Waals surface area (Å²) < 4.78 is 0. The van der Waals surface area contributed by atoms with Crippen LogP contribution < -0.4 is 0 Å². The maximum Gasteiger partial charge on any atom is 0.0406 e. The number of allylic oxidation sites excluding steroid dienone is 1. The van der Waals surface area contributed by atoms with Gasteiger partial charge >= 0.3 is 0 Å². The van der Waals surface area contributed by atoms with Gasteiger partial charge in [0.15, 0.2) is 0 Å². The number of piperidine rings is 1. The minimum atomic E-state index is 0.117. The molecular formula is C17H24ClN. The lowest BCUT2D eigenvalue weighted by Gasteiger charge is -2.45. The number of nitrogens with zero attached hydrogens (tertiary/aromatic N) is 1. The fourth-order valence-electron chi connectivity index (χ4n) is 2.97. The molecule has 1 nitrogen and oxygen atoms in total. The molecule has 0 spiro atoms. The summed E-state index contributed by atoms with van der Waals surface area (Å²) in [5.41, 5.74) is 1.72. The van der Waals surface area contributed by atoms with Gasteiger partial charge in [0.2, 0.25) is 0 Å². The Morgan fingerprint density at radius 3 is 2.11 bits per heavy atom. The number of halogens is 1. The molecule has 1 saturated heterocycles. The molecule has 0 saturated carbocycles. The molecule has 1 aromatic carbocycles. The van der Waals surface area contributed by atoms with E-state index in [2.05, 4.69) is 50.5 Å². The molecule has 0 aliphatic carbocycles. The first-order chi connectivity index (χ1) is 8.87. The van der Waals surface area contributed by atoms with Gasteiger partial charge in [0.1, 0.15) is 0 Å². The second-order valence-electron chi connectivity index (χ2n) is 6.53. The predicted molar refractivity (Wildman–Crippen MR) is 83.9 cm³/mol. The second kappa shape index (κ2) is 5.30. The third kappa shape index (κ3) is 3.04. The van der Waals surface area contributed by atoms with Crippen molar-refractivity contribution in [3.8, 4) is 0 Å². The van der Waals surface area contributed by atoms with Crippen molar-refractivity contribution in [1.29, 1.82) is 0 Å². The lowest BCUT2D eigenvalue weighted by Crippen LogP contribution is -2.49. The first-order valence-corrected chi connectivity index (χ1v) is 7.40. The zero-order valence-corrected chi connectivity index (χ0v) is 13.0. The van der Waals surface area contributed by atoms with Crippen LogP contribution in [0.3, 0.4) is 0 Å². The van der Waals surface area contributed by atoms with Crippen molar-refractivity contribution in [2.24, 2.45) is 0 Å². The highest BCUT2D eigenvalue weighted by molar-refractivity contribution is 6.30. The van der Waals surface area contributed by atoms with Crippen LogP contribution in [-0.4, -0.2) is 23.5 Å². The summed E-state index contributed by atoms with van der Waals surface area (Å²) in [6.07, 6.45) is 4.40. The van der Waals surface area contributed by atoms with Gasteiger partial charge in [-0.3, -0.25) is 4.90 Å². The van der Waals surface area contributed by atoms with E-state index in [0.717, 1.165) is 31.0 Å². The molecule has 0 unspecified atom stereocenters. The lowest BCUT2D eigenvalue weighted by atomic mass is 9.72. The smallest absolute Gasteiger partial charge is 0.0406 e. The normalized spacial score (nSPS) is 20.2. The Bertz CT molecular complexity index is 433. The predicted octanol–water partition coefficient (Wildman–Crippen LogP) is 4.66. The molecule has 1 heterocycles. The quantitative estimate of drug-likeness (QED) is 0.711. The van der Waals surface area contributed by atoms with Gasteiger partial charge in [0, 0.05) is 16.0 Å². The number of hydrogen-bond acceptors (Lipinski definition) is 1. The van der Waals surface area contributed by atoms with E-state index in [-0.39, 0.29) is 11.0 Å². The highest BCUT2D eigenvalue weighted by atomic mass is 35.5. The average molecular weight is 278 g/mol. The summed E-state index contributed by atoms with van der Waals surface area (Å²) in [5.74, 6) is 0. The third-order valence-electron chi connectivity index (χ3n) is 4.41. The van der Waals surface area contributed by atoms with Crippen LogP contribution in [0.4, 0.5) is 0 Å². The van der Waals surface area contributed by atoms with Crippen molar-refractivity contribution < 1.29 is 0 Å². The Labute approximate surface area is 122 Å². The van der Waals surface area contributed by atoms with Crippen molar-refractivity contribution in [3.63, 3.8) is 0 Å². The van der Waals surface area contributed by atoms with Gasteiger partial charge in [0.25, 0.3) is 0 Å². The monoisotopic (exact) mass is 277 g/mol. The fourth-order valence-corrected chi connectivity index (χ4v) is 3.10. The van der Waals surface area contributed by atoms with E-state index in [0.29, 0.717) is 0 Å². The highest BCUT2D eigenvalue weighted by Gasteiger charge is 2.36. The van der Waals surface area contributed by atoms with Crippen molar-refractivity contribution >= 4 is 11.6 Å². The van der Waals surface area contributed by atoms with Crippen LogP contribution >= 0.6 is 11.6 Å². The van der Waals surface area contributed by atoms with Crippen LogP contribution in [0.25, 0.3) is 0 Å². The molecule has 1 aliphatic rings. The molecule has 0 aromatic heterocycles. The van der Waals surface area contributed by atoms with Crippen molar-refractivity contribution in [1.82, 2.24) is 4.90 Å². The number of rotatable bonds is 2. The maximum atomic E-state index is 5.99. The molecule has 1 aliphatic heterocycles. The first kappa shape index (κ1) is 14.6. The van der Waals surface area contributed by atoms with Crippen LogP contribution in [0.15, 0.2) is 36.9 Å². The first-order valence-electron chi connectivity index (χ1n) is 7.02. The highest BCUT2D eigenvalue weighted by Crippen LogP contribution is 2.38. The number of benzene rings is 1. The molecule has 0 amide bonds. The Morgan fingerprint density at radius 2 is 1.68 bits per heavy atom. The van der Waals surface area contributed by atoms with Gasteiger partial charge in [-0.2, -0.15) is 0 Å². The van der Waals surface area contributed by atoms with E-state index in [1.165, 1.54) is 5.56 Å². The van der Waals surface area contributed by atoms with Crippen LogP contribution in [0, 0.1) is 0 Å². The van der Waals surface area contributed by atoms with Crippen LogP contribution in [0.5, 0.6) is 0 Å². The minimum absolute atomic E-state index is 0.117. The van der Waals surface area contributed by atoms with Crippen LogP contribution in [-0.2, 0) is 5.41 Å². The Morgan fingerprint density at radius 1 is 1.16 bits per heavy atom. The van der Waals surface area contributed by atoms with Gasteiger partial charge in [-0.15, -0.1) is 6.58 Å². The molecule has 2 rings (SSSR count). The molecule has 1 fully saturated rings. The summed E-state index contributed by atoms with van der Waals surface area (Å²) >= 11 is 5.99. The van der Waals surface area contributed by atoms with E-state index < -0.39 is 0 Å². The van der Waals surface area contributed by atoms with E-state index >= 15 is 0 Å². The van der Waals surface area contributed by atoms with Crippen molar-refractivity contribution in [3.05, 3.63) is 47.5 Å². The summed E-state index contributed by atoms with van der Waals surface area (Å²) in [7, 11) is 0. The SMILES string of the molecule is C=CC1(c2ccc(Cl)cc2)CCN(C(C)(C)C)CC1. The number of likely N-dealkylation sites (tertiary alicyclic amines) is 1. The summed E-state index contributed by atoms with van der Waals surface area (Å²) in [6.45, 7) is 13.2. The maximum absolute atomic E-state index is 5.99. The van der Waals surface area contributed by atoms with Crippen molar-refractivity contribution in [2.45, 2.75) is 44.6 Å². The molecule has 1 aromatic rings. The third-order valence-corrected chi connectivity index (χ3v) is 4.67. The van der Waals surface area contributed by atoms with Gasteiger partial charge in [-0.1, -0.05) is 29.8 Å². The second-order valence-corrected chi connectivity index (χ2v) is 6.96. The lowest BCUT2D eigenvalue weighted by molar-refractivity contribution is 0.0868. The van der Waals surface area contributed by atoms with Gasteiger partial charge in [-0.05, 0) is 64.4 Å². The Hall–Kier alpha value is -0.790. The topological polar surface area (TPSA) is 3.24 Å². The zero-order valence-electron chi connectivity index (χ0n) is 12.2. The summed E-state index contributed by atoms with van der Waals surface area (Å²) in [4.78, 5) is 2.56. The van der Waals surface area contributed by atoms with E-state index in [1.807, 2.05) is 12.1 Å². The van der Waals surface area contributed by atoms with Gasteiger partial charge in [-0.25, -0.2) is 0 Å². The van der Waals surface area contributed by atoms with Crippen LogP contribution in [0.1, 0.15) is 39.2 Å².